The molecule has 20 heavy (non-hydrogen) atoms. The van der Waals surface area contributed by atoms with Crippen LogP contribution >= 0.6 is 0 Å². The molecule has 1 N–H and O–H groups in total. The Hall–Kier alpha value is -0.840. The minimum Gasteiger partial charge on any atom is -0.465 e. The molecule has 0 saturated carbocycles. The van der Waals surface area contributed by atoms with Gasteiger partial charge in [0.05, 0.1) is 6.54 Å². The fourth-order valence-electron chi connectivity index (χ4n) is 2.06. The van der Waals surface area contributed by atoms with Crippen molar-refractivity contribution >= 4 is 0 Å². The summed E-state index contributed by atoms with van der Waals surface area (Å²) in [6.07, 6.45) is 0. The van der Waals surface area contributed by atoms with Crippen molar-refractivity contribution in [2.75, 3.05) is 40.8 Å². The van der Waals surface area contributed by atoms with Crippen LogP contribution in [0.5, 0.6) is 0 Å². The Balaban J connectivity index is 2.44. The highest BCUT2D eigenvalue weighted by atomic mass is 16.3. The van der Waals surface area contributed by atoms with Gasteiger partial charge in [-0.1, -0.05) is 13.8 Å². The highest BCUT2D eigenvalue weighted by molar-refractivity contribution is 5.20. The van der Waals surface area contributed by atoms with E-state index < -0.39 is 0 Å². The number of hydrogen-bond acceptors (Lipinski definition) is 4. The second-order valence-corrected chi connectivity index (χ2v) is 6.36. The summed E-state index contributed by atoms with van der Waals surface area (Å²) in [5.74, 6) is 2.75. The molecular formula is C16H31N3O. The van der Waals surface area contributed by atoms with E-state index in [1.807, 2.05) is 0 Å². The van der Waals surface area contributed by atoms with Gasteiger partial charge < -0.3 is 19.5 Å². The van der Waals surface area contributed by atoms with Gasteiger partial charge in [0.1, 0.15) is 11.5 Å². The van der Waals surface area contributed by atoms with Crippen molar-refractivity contribution < 1.29 is 4.42 Å². The lowest BCUT2D eigenvalue weighted by atomic mass is 10.2. The Kier molecular flexibility index (Phi) is 7.27. The van der Waals surface area contributed by atoms with Crippen molar-refractivity contribution in [3.8, 4) is 0 Å². The highest BCUT2D eigenvalue weighted by Gasteiger charge is 2.10. The number of likely N-dealkylation sites (N-methyl/N-ethyl adjacent to an activating group) is 2. The first kappa shape index (κ1) is 17.2. The van der Waals surface area contributed by atoms with E-state index in [4.69, 9.17) is 4.42 Å². The quantitative estimate of drug-likeness (QED) is 0.753. The number of furan rings is 1. The van der Waals surface area contributed by atoms with Gasteiger partial charge in [-0.15, -0.1) is 0 Å². The second kappa shape index (κ2) is 8.45. The summed E-state index contributed by atoms with van der Waals surface area (Å²) in [5.41, 5.74) is 1.30. The molecular weight excluding hydrogens is 250 g/mol. The zero-order valence-electron chi connectivity index (χ0n) is 14.0. The first-order valence-electron chi connectivity index (χ1n) is 7.50. The van der Waals surface area contributed by atoms with Gasteiger partial charge in [-0.3, -0.25) is 0 Å². The molecule has 0 saturated heterocycles. The van der Waals surface area contributed by atoms with Gasteiger partial charge in [0.2, 0.25) is 0 Å². The van der Waals surface area contributed by atoms with E-state index in [1.165, 1.54) is 5.56 Å². The highest BCUT2D eigenvalue weighted by Crippen LogP contribution is 2.16. The van der Waals surface area contributed by atoms with E-state index in [9.17, 15) is 0 Å². The molecule has 0 aliphatic heterocycles. The minimum absolute atomic E-state index is 0.669. The van der Waals surface area contributed by atoms with Gasteiger partial charge in [0, 0.05) is 25.2 Å². The Morgan fingerprint density at radius 2 is 1.90 bits per heavy atom. The fraction of sp³-hybridized carbons (Fsp3) is 0.750. The molecule has 0 aromatic carbocycles. The third kappa shape index (κ3) is 6.55. The monoisotopic (exact) mass is 281 g/mol. The summed E-state index contributed by atoms with van der Waals surface area (Å²) in [6, 6.07) is 2.19. The number of hydrogen-bond donors (Lipinski definition) is 1. The molecule has 0 atom stereocenters. The second-order valence-electron chi connectivity index (χ2n) is 6.36. The van der Waals surface area contributed by atoms with E-state index in [-0.39, 0.29) is 0 Å². The van der Waals surface area contributed by atoms with Crippen LogP contribution in [-0.2, 0) is 13.1 Å². The minimum atomic E-state index is 0.669. The van der Waals surface area contributed by atoms with Crippen LogP contribution in [0.2, 0.25) is 0 Å². The van der Waals surface area contributed by atoms with E-state index in [0.717, 1.165) is 44.2 Å². The standard InChI is InChI=1S/C16H31N3O/c1-13(2)10-17-11-16-9-15(14(3)20-16)12-19(6)8-7-18(4)5/h9,13,17H,7-8,10-12H2,1-6H3. The predicted molar refractivity (Wildman–Crippen MR) is 84.9 cm³/mol. The van der Waals surface area contributed by atoms with Crippen molar-refractivity contribution in [1.29, 1.82) is 0 Å². The topological polar surface area (TPSA) is 31.7 Å². The van der Waals surface area contributed by atoms with Crippen molar-refractivity contribution in [3.63, 3.8) is 0 Å². The third-order valence-electron chi connectivity index (χ3n) is 3.29. The Bertz CT molecular complexity index is 385. The molecule has 0 unspecified atom stereocenters. The molecule has 0 aliphatic carbocycles. The van der Waals surface area contributed by atoms with E-state index in [1.54, 1.807) is 0 Å². The van der Waals surface area contributed by atoms with Gasteiger partial charge in [-0.2, -0.15) is 0 Å². The molecule has 116 valence electrons. The molecule has 0 bridgehead atoms. The molecule has 1 aromatic heterocycles. The summed E-state index contributed by atoms with van der Waals surface area (Å²) < 4.78 is 5.82. The maximum atomic E-state index is 5.82. The Morgan fingerprint density at radius 3 is 2.50 bits per heavy atom. The van der Waals surface area contributed by atoms with Crippen molar-refractivity contribution in [1.82, 2.24) is 15.1 Å². The van der Waals surface area contributed by atoms with Crippen LogP contribution < -0.4 is 5.32 Å². The maximum Gasteiger partial charge on any atom is 0.118 e. The van der Waals surface area contributed by atoms with Crippen LogP contribution in [0.25, 0.3) is 0 Å². The van der Waals surface area contributed by atoms with E-state index >= 15 is 0 Å². The molecule has 4 nitrogen and oxygen atoms in total. The predicted octanol–water partition coefficient (Wildman–Crippen LogP) is 2.33. The van der Waals surface area contributed by atoms with Crippen LogP contribution in [0.15, 0.2) is 10.5 Å². The number of nitrogens with zero attached hydrogens (tertiary/aromatic N) is 2. The molecule has 1 rings (SSSR count). The van der Waals surface area contributed by atoms with Gasteiger partial charge in [-0.05, 0) is 46.6 Å². The SMILES string of the molecule is Cc1oc(CNCC(C)C)cc1CN(C)CCN(C)C. The van der Waals surface area contributed by atoms with Crippen LogP contribution in [0.4, 0.5) is 0 Å². The van der Waals surface area contributed by atoms with Crippen molar-refractivity contribution in [3.05, 3.63) is 23.2 Å². The summed E-state index contributed by atoms with van der Waals surface area (Å²) in [5, 5.41) is 3.42. The average Bonchev–Trinajstić information content (AvgIpc) is 2.67. The molecule has 1 aromatic rings. The lowest BCUT2D eigenvalue weighted by Crippen LogP contribution is -2.28. The van der Waals surface area contributed by atoms with Crippen molar-refractivity contribution in [2.45, 2.75) is 33.9 Å². The number of nitrogens with one attached hydrogen (secondary N) is 1. The molecule has 0 fully saturated rings. The largest absolute Gasteiger partial charge is 0.465 e. The smallest absolute Gasteiger partial charge is 0.118 e. The molecule has 0 amide bonds. The Labute approximate surface area is 124 Å². The zero-order valence-corrected chi connectivity index (χ0v) is 14.0. The lowest BCUT2D eigenvalue weighted by Gasteiger charge is -2.18. The summed E-state index contributed by atoms with van der Waals surface area (Å²) in [7, 11) is 6.37. The average molecular weight is 281 g/mol. The molecule has 0 aliphatic rings. The first-order chi connectivity index (χ1) is 9.38. The van der Waals surface area contributed by atoms with Crippen LogP contribution in [0, 0.1) is 12.8 Å². The first-order valence-corrected chi connectivity index (χ1v) is 7.50. The molecule has 0 radical (unpaired) electrons. The summed E-state index contributed by atoms with van der Waals surface area (Å²) in [6.45, 7) is 11.4. The van der Waals surface area contributed by atoms with Gasteiger partial charge in [0.25, 0.3) is 0 Å². The van der Waals surface area contributed by atoms with E-state index in [0.29, 0.717) is 5.92 Å². The van der Waals surface area contributed by atoms with Crippen LogP contribution in [0.1, 0.15) is 30.9 Å². The molecule has 4 heteroatoms. The molecule has 1 heterocycles. The van der Waals surface area contributed by atoms with Crippen LogP contribution in [0.3, 0.4) is 0 Å². The summed E-state index contributed by atoms with van der Waals surface area (Å²) >= 11 is 0. The number of aryl methyl sites for hydroxylation is 1. The van der Waals surface area contributed by atoms with Gasteiger partial charge in [-0.25, -0.2) is 0 Å². The third-order valence-corrected chi connectivity index (χ3v) is 3.29. The van der Waals surface area contributed by atoms with Crippen LogP contribution in [-0.4, -0.2) is 50.6 Å². The zero-order chi connectivity index (χ0) is 15.1. The van der Waals surface area contributed by atoms with Gasteiger partial charge >= 0.3 is 0 Å². The number of rotatable bonds is 9. The fourth-order valence-corrected chi connectivity index (χ4v) is 2.06. The molecule has 0 spiro atoms. The Morgan fingerprint density at radius 1 is 1.20 bits per heavy atom. The van der Waals surface area contributed by atoms with Crippen molar-refractivity contribution in [2.24, 2.45) is 5.92 Å². The lowest BCUT2D eigenvalue weighted by molar-refractivity contribution is 0.275. The maximum absolute atomic E-state index is 5.82. The van der Waals surface area contributed by atoms with E-state index in [2.05, 4.69) is 63.1 Å². The summed E-state index contributed by atoms with van der Waals surface area (Å²) in [4.78, 5) is 4.54. The van der Waals surface area contributed by atoms with Gasteiger partial charge in [0.15, 0.2) is 0 Å². The normalized spacial score (nSPS) is 12.1.